The minimum atomic E-state index is -0.915. The molecule has 2 rings (SSSR count). The van der Waals surface area contributed by atoms with E-state index >= 15 is 0 Å². The topological polar surface area (TPSA) is 98.1 Å². The first kappa shape index (κ1) is 44.8. The molecule has 7 heteroatoms. The second-order valence-corrected chi connectivity index (χ2v) is 16.5. The lowest BCUT2D eigenvalue weighted by Crippen LogP contribution is -2.40. The lowest BCUT2D eigenvalue weighted by molar-refractivity contribution is -0.145. The van der Waals surface area contributed by atoms with E-state index in [1.165, 1.54) is 96.3 Å². The maximum Gasteiger partial charge on any atom is 0.307 e. The summed E-state index contributed by atoms with van der Waals surface area (Å²) in [6.07, 6.45) is 35.7. The summed E-state index contributed by atoms with van der Waals surface area (Å²) in [6.45, 7) is 5.11. The molecule has 2 aliphatic carbocycles. The van der Waals surface area contributed by atoms with Crippen LogP contribution in [0.4, 0.5) is 0 Å². The maximum absolute atomic E-state index is 12.8. The molecule has 1 unspecified atom stereocenters. The number of halogens is 1. The van der Waals surface area contributed by atoms with Gasteiger partial charge in [0.15, 0.2) is 0 Å². The Bertz CT molecular complexity index is 959. The van der Waals surface area contributed by atoms with Crippen LogP contribution in [0.2, 0.25) is 0 Å². The van der Waals surface area contributed by atoms with Crippen molar-refractivity contribution < 1.29 is 24.9 Å². The van der Waals surface area contributed by atoms with E-state index < -0.39 is 18.0 Å². The number of carboxylic acid groups (broad SMARTS) is 1. The first-order valence-corrected chi connectivity index (χ1v) is 21.4. The van der Waals surface area contributed by atoms with E-state index in [-0.39, 0.29) is 41.1 Å². The second kappa shape index (κ2) is 26.4. The number of hydrogen-bond acceptors (Lipinski definition) is 4. The zero-order chi connectivity index (χ0) is 36.6. The van der Waals surface area contributed by atoms with Gasteiger partial charge in [0.1, 0.15) is 0 Å². The van der Waals surface area contributed by atoms with Crippen LogP contribution < -0.4 is 0 Å². The van der Waals surface area contributed by atoms with Crippen molar-refractivity contribution >= 4 is 23.5 Å². The third-order valence-electron chi connectivity index (χ3n) is 12.1. The van der Waals surface area contributed by atoms with Gasteiger partial charge in [-0.3, -0.25) is 9.59 Å². The molecule has 2 saturated carbocycles. The van der Waals surface area contributed by atoms with Gasteiger partial charge in [-0.25, -0.2) is 0 Å². The Labute approximate surface area is 311 Å². The fourth-order valence-corrected chi connectivity index (χ4v) is 8.66. The maximum atomic E-state index is 12.8. The number of rotatable bonds is 30. The number of carbonyl (C=O) groups is 2. The van der Waals surface area contributed by atoms with Gasteiger partial charge >= 0.3 is 5.97 Å². The molecule has 0 saturated heterocycles. The third kappa shape index (κ3) is 17.0. The van der Waals surface area contributed by atoms with Crippen molar-refractivity contribution in [1.29, 1.82) is 0 Å². The van der Waals surface area contributed by atoms with Crippen LogP contribution in [0.3, 0.4) is 0 Å². The van der Waals surface area contributed by atoms with Crippen molar-refractivity contribution in [2.24, 2.45) is 23.2 Å². The number of nitrogens with zero attached hydrogens (tertiary/aromatic N) is 1. The van der Waals surface area contributed by atoms with E-state index in [0.717, 1.165) is 32.1 Å². The van der Waals surface area contributed by atoms with E-state index in [4.69, 9.17) is 11.6 Å². The van der Waals surface area contributed by atoms with Crippen molar-refractivity contribution in [3.8, 4) is 0 Å². The van der Waals surface area contributed by atoms with Crippen molar-refractivity contribution in [1.82, 2.24) is 4.90 Å². The normalized spacial score (nSPS) is 23.0. The number of carbonyl (C=O) groups excluding carboxylic acids is 1. The lowest BCUT2D eigenvalue weighted by Gasteiger charge is -2.45. The molecule has 290 valence electrons. The van der Waals surface area contributed by atoms with E-state index in [1.54, 1.807) is 11.9 Å². The molecule has 0 aromatic carbocycles. The number of hydrogen-bond donors (Lipinski definition) is 3. The smallest absolute Gasteiger partial charge is 0.307 e. The predicted octanol–water partition coefficient (Wildman–Crippen LogP) is 11.0. The summed E-state index contributed by atoms with van der Waals surface area (Å²) in [5, 5.41) is 31.1. The summed E-state index contributed by atoms with van der Waals surface area (Å²) in [5.41, 5.74) is 0.0645. The summed E-state index contributed by atoms with van der Waals surface area (Å²) >= 11 is 6.64. The number of aliphatic carboxylic acids is 1. The summed E-state index contributed by atoms with van der Waals surface area (Å²) in [7, 11) is 1.80. The molecule has 1 amide bonds. The summed E-state index contributed by atoms with van der Waals surface area (Å²) in [4.78, 5) is 26.5. The zero-order valence-electron chi connectivity index (χ0n) is 32.3. The van der Waals surface area contributed by atoms with E-state index in [9.17, 15) is 24.9 Å². The molecule has 0 heterocycles. The quantitative estimate of drug-likeness (QED) is 0.0390. The Hall–Kier alpha value is -1.37. The molecule has 50 heavy (non-hydrogen) atoms. The highest BCUT2D eigenvalue weighted by Crippen LogP contribution is 2.48. The Morgan fingerprint density at radius 1 is 0.860 bits per heavy atom. The SMILES string of the molecule is CCCCCCCCCCCCCCCCCCN(C)C(=O)CC(CC/C=C\C[C@@H]1[C@@H](/C=C/C[C@H](O)C2(CC)CCC2)[C@H](O)C[C@H]1Cl)C(=O)O. The van der Waals surface area contributed by atoms with Crippen LogP contribution >= 0.6 is 11.6 Å². The van der Waals surface area contributed by atoms with Gasteiger partial charge in [-0.1, -0.05) is 141 Å². The standard InChI is InChI=1S/C43H76ClNO5/c1-4-6-7-8-9-10-11-12-13-14-15-16-17-18-19-23-32-45(3)41(48)33-35(42(49)50)26-21-20-22-27-36-37(39(46)34-38(36)44)28-24-29-40(47)43(5-2)30-25-31-43/h20,22,24,28,35-40,46-47H,4-19,21,23,25-27,29-34H2,1-3H3,(H,49,50)/b22-20-,28-24+/t35?,36-,37-,38-,39-,40+/m1/s1. The van der Waals surface area contributed by atoms with E-state index in [0.29, 0.717) is 38.6 Å². The number of alkyl halides is 1. The largest absolute Gasteiger partial charge is 0.481 e. The summed E-state index contributed by atoms with van der Waals surface area (Å²) in [5.74, 6) is -1.66. The highest BCUT2D eigenvalue weighted by atomic mass is 35.5. The highest BCUT2D eigenvalue weighted by molar-refractivity contribution is 6.21. The molecule has 0 aromatic rings. The molecule has 6 atom stereocenters. The summed E-state index contributed by atoms with van der Waals surface area (Å²) < 4.78 is 0. The Kier molecular flexibility index (Phi) is 23.7. The van der Waals surface area contributed by atoms with Gasteiger partial charge in [-0.15, -0.1) is 11.6 Å². The molecule has 0 aromatic heterocycles. The minimum Gasteiger partial charge on any atom is -0.481 e. The number of aliphatic hydroxyl groups is 2. The lowest BCUT2D eigenvalue weighted by atomic mass is 9.63. The van der Waals surface area contributed by atoms with E-state index in [1.807, 2.05) is 12.2 Å². The van der Waals surface area contributed by atoms with Gasteiger partial charge in [0.05, 0.1) is 18.1 Å². The van der Waals surface area contributed by atoms with E-state index in [2.05, 4.69) is 26.0 Å². The predicted molar refractivity (Wildman–Crippen MR) is 210 cm³/mol. The zero-order valence-corrected chi connectivity index (χ0v) is 33.1. The Balaban J connectivity index is 1.57. The van der Waals surface area contributed by atoms with Gasteiger partial charge in [-0.2, -0.15) is 0 Å². The molecule has 0 bridgehead atoms. The first-order valence-electron chi connectivity index (χ1n) is 20.9. The molecule has 2 aliphatic rings. The molecule has 0 aliphatic heterocycles. The second-order valence-electron chi connectivity index (χ2n) is 16.0. The van der Waals surface area contributed by atoms with Crippen molar-refractivity contribution in [3.05, 3.63) is 24.3 Å². The molecular formula is C43H76ClNO5. The third-order valence-corrected chi connectivity index (χ3v) is 12.6. The van der Waals surface area contributed by atoms with Crippen LogP contribution in [-0.2, 0) is 9.59 Å². The molecule has 0 radical (unpaired) electrons. The average molecular weight is 723 g/mol. The Morgan fingerprint density at radius 3 is 1.92 bits per heavy atom. The van der Waals surface area contributed by atoms with Crippen LogP contribution in [0, 0.1) is 23.2 Å². The molecule has 2 fully saturated rings. The van der Waals surface area contributed by atoms with Gasteiger partial charge in [-0.05, 0) is 69.1 Å². The molecule has 0 spiro atoms. The van der Waals surface area contributed by atoms with Gasteiger partial charge in [0.2, 0.25) is 5.91 Å². The van der Waals surface area contributed by atoms with Crippen LogP contribution in [0.15, 0.2) is 24.3 Å². The van der Waals surface area contributed by atoms with Crippen molar-refractivity contribution in [2.75, 3.05) is 13.6 Å². The van der Waals surface area contributed by atoms with Gasteiger partial charge < -0.3 is 20.2 Å². The van der Waals surface area contributed by atoms with Crippen LogP contribution in [0.25, 0.3) is 0 Å². The number of carboxylic acids is 1. The van der Waals surface area contributed by atoms with Gasteiger partial charge in [0, 0.05) is 31.3 Å². The first-order chi connectivity index (χ1) is 24.1. The van der Waals surface area contributed by atoms with Crippen LogP contribution in [0.1, 0.15) is 181 Å². The molecule has 3 N–H and O–H groups in total. The fourth-order valence-electron chi connectivity index (χ4n) is 8.20. The number of allylic oxidation sites excluding steroid dienone is 2. The molecule has 6 nitrogen and oxygen atoms in total. The van der Waals surface area contributed by atoms with Crippen molar-refractivity contribution in [2.45, 2.75) is 198 Å². The van der Waals surface area contributed by atoms with Crippen molar-refractivity contribution in [3.63, 3.8) is 0 Å². The minimum absolute atomic E-state index is 0.0368. The number of amides is 1. The highest BCUT2D eigenvalue weighted by Gasteiger charge is 2.42. The molecular weight excluding hydrogens is 646 g/mol. The fraction of sp³-hybridized carbons (Fsp3) is 0.860. The number of unbranched alkanes of at least 4 members (excludes halogenated alkanes) is 15. The average Bonchev–Trinajstić information content (AvgIpc) is 3.34. The van der Waals surface area contributed by atoms with Crippen LogP contribution in [-0.4, -0.2) is 63.3 Å². The van der Waals surface area contributed by atoms with Crippen LogP contribution in [0.5, 0.6) is 0 Å². The van der Waals surface area contributed by atoms with Gasteiger partial charge in [0.25, 0.3) is 0 Å². The number of aliphatic hydroxyl groups excluding tert-OH is 2. The summed E-state index contributed by atoms with van der Waals surface area (Å²) in [6, 6.07) is 0. The monoisotopic (exact) mass is 722 g/mol. The Morgan fingerprint density at radius 2 is 1.42 bits per heavy atom.